The van der Waals surface area contributed by atoms with Crippen molar-refractivity contribution in [2.24, 2.45) is 0 Å². The van der Waals surface area contributed by atoms with Gasteiger partial charge in [-0.1, -0.05) is 18.2 Å². The maximum absolute atomic E-state index is 10.7. The summed E-state index contributed by atoms with van der Waals surface area (Å²) in [5.74, 6) is 0.255. The first-order valence-electron chi connectivity index (χ1n) is 3.21. The fraction of sp³-hybridized carbons (Fsp3) is 0. The van der Waals surface area contributed by atoms with Gasteiger partial charge < -0.3 is 0 Å². The zero-order chi connectivity index (χ0) is 9.68. The Morgan fingerprint density at radius 3 is 2.46 bits per heavy atom. The highest BCUT2D eigenvalue weighted by molar-refractivity contribution is 7.33. The van der Waals surface area contributed by atoms with Crippen LogP contribution in [-0.4, -0.2) is 5.09 Å². The highest BCUT2D eigenvalue weighted by Crippen LogP contribution is 2.27. The molecular weight excluding hydrogens is 197 g/mol. The fourth-order valence-corrected chi connectivity index (χ4v) is 1.07. The molecule has 0 aliphatic heterocycles. The minimum Gasteiger partial charge on any atom is -0.228 e. The van der Waals surface area contributed by atoms with Crippen LogP contribution in [0.2, 0.25) is 0 Å². The maximum atomic E-state index is 10.7. The summed E-state index contributed by atoms with van der Waals surface area (Å²) in [5.41, 5.74) is 0. The Kier molecular flexibility index (Phi) is 3.16. The molecule has 0 N–H and O–H groups in total. The van der Waals surface area contributed by atoms with Crippen molar-refractivity contribution in [1.29, 1.82) is 0 Å². The fourth-order valence-electron chi connectivity index (χ4n) is 0.639. The van der Waals surface area contributed by atoms with Gasteiger partial charge in [-0.15, -0.1) is 10.1 Å². The van der Waals surface area contributed by atoms with Crippen LogP contribution in [0.25, 0.3) is 0 Å². The summed E-state index contributed by atoms with van der Waals surface area (Å²) in [6.07, 6.45) is 0. The molecule has 0 aromatic heterocycles. The van der Waals surface area contributed by atoms with Crippen molar-refractivity contribution in [2.45, 2.75) is 0 Å². The predicted octanol–water partition coefficient (Wildman–Crippen LogP) is 1.93. The molecule has 68 valence electrons. The van der Waals surface area contributed by atoms with Crippen LogP contribution in [0.3, 0.4) is 0 Å². The van der Waals surface area contributed by atoms with E-state index >= 15 is 0 Å². The first-order valence-corrected chi connectivity index (χ1v) is 4.31. The van der Waals surface area contributed by atoms with Crippen LogP contribution in [0.1, 0.15) is 0 Å². The normalized spacial score (nSPS) is 10.3. The van der Waals surface area contributed by atoms with E-state index in [9.17, 15) is 14.7 Å². The van der Waals surface area contributed by atoms with Gasteiger partial charge in [0, 0.05) is 4.57 Å². The molecule has 1 aromatic rings. The quantitative estimate of drug-likeness (QED) is 0.423. The van der Waals surface area contributed by atoms with Crippen LogP contribution in [0.5, 0.6) is 5.75 Å². The van der Waals surface area contributed by atoms with Gasteiger partial charge in [0.2, 0.25) is 0 Å². The zero-order valence-corrected chi connectivity index (χ0v) is 7.22. The Morgan fingerprint density at radius 2 is 1.92 bits per heavy atom. The molecule has 1 unspecified atom stereocenters. The Balaban J connectivity index is 2.50. The average Bonchev–Trinajstić information content (AvgIpc) is 2.04. The number of para-hydroxylation sites is 1. The van der Waals surface area contributed by atoms with E-state index in [4.69, 9.17) is 0 Å². The van der Waals surface area contributed by atoms with Crippen LogP contribution >= 0.6 is 8.25 Å². The predicted molar refractivity (Wildman–Crippen MR) is 42.8 cm³/mol. The summed E-state index contributed by atoms with van der Waals surface area (Å²) < 4.78 is 18.9. The van der Waals surface area contributed by atoms with Crippen molar-refractivity contribution in [3.63, 3.8) is 0 Å². The van der Waals surface area contributed by atoms with Gasteiger partial charge in [-0.05, 0) is 16.8 Å². The smallest absolute Gasteiger partial charge is 0.228 e. The van der Waals surface area contributed by atoms with Gasteiger partial charge in [-0.3, -0.25) is 0 Å². The van der Waals surface area contributed by atoms with Gasteiger partial charge in [0.1, 0.15) is 0 Å². The Morgan fingerprint density at radius 1 is 1.31 bits per heavy atom. The van der Waals surface area contributed by atoms with Crippen LogP contribution in [0, 0.1) is 10.1 Å². The third-order valence-corrected chi connectivity index (χ3v) is 1.68. The minimum absolute atomic E-state index is 0.255. The van der Waals surface area contributed by atoms with Crippen molar-refractivity contribution in [2.75, 3.05) is 0 Å². The zero-order valence-electron chi connectivity index (χ0n) is 6.32. The second kappa shape index (κ2) is 4.37. The van der Waals surface area contributed by atoms with Crippen molar-refractivity contribution in [3.8, 4) is 5.75 Å². The van der Waals surface area contributed by atoms with Crippen molar-refractivity contribution in [1.82, 2.24) is 0 Å². The molecule has 0 spiro atoms. The summed E-state index contributed by atoms with van der Waals surface area (Å²) in [4.78, 5) is 9.72. The van der Waals surface area contributed by atoms with Crippen LogP contribution in [0.4, 0.5) is 0 Å². The lowest BCUT2D eigenvalue weighted by molar-refractivity contribution is -0.713. The first-order chi connectivity index (χ1) is 6.18. The van der Waals surface area contributed by atoms with Crippen molar-refractivity contribution >= 4 is 8.25 Å². The van der Waals surface area contributed by atoms with E-state index in [0.29, 0.717) is 0 Å². The largest absolute Gasteiger partial charge is 0.793 e. The second-order valence-corrected chi connectivity index (χ2v) is 2.73. The molecule has 1 rings (SSSR count). The average molecular weight is 202 g/mol. The number of benzene rings is 1. The molecule has 6 nitrogen and oxygen atoms in total. The monoisotopic (exact) mass is 202 g/mol. The first kappa shape index (κ1) is 9.41. The van der Waals surface area contributed by atoms with Crippen molar-refractivity contribution < 1.29 is 18.8 Å². The molecule has 13 heavy (non-hydrogen) atoms. The van der Waals surface area contributed by atoms with Gasteiger partial charge in [0.05, 0.1) is 0 Å². The number of rotatable bonds is 4. The van der Waals surface area contributed by atoms with Gasteiger partial charge in [-0.2, -0.15) is 0 Å². The minimum atomic E-state index is -2.75. The summed E-state index contributed by atoms with van der Waals surface area (Å²) >= 11 is 0. The summed E-state index contributed by atoms with van der Waals surface area (Å²) in [6.45, 7) is 0. The molecule has 1 aromatic carbocycles. The van der Waals surface area contributed by atoms with Gasteiger partial charge in [-0.25, -0.2) is 4.52 Å². The lowest BCUT2D eigenvalue weighted by Crippen LogP contribution is -1.94. The summed E-state index contributed by atoms with van der Waals surface area (Å²) in [7, 11) is -2.75. The van der Waals surface area contributed by atoms with Crippen molar-refractivity contribution in [3.05, 3.63) is 40.4 Å². The molecule has 0 saturated carbocycles. The van der Waals surface area contributed by atoms with Crippen LogP contribution in [-0.2, 0) is 9.19 Å². The summed E-state index contributed by atoms with van der Waals surface area (Å²) in [6, 6.07) is 8.04. The number of hydrogen-bond acceptors (Lipinski definition) is 5. The standard InChI is InChI=1S/C6H5NO5P/c8-7(9)12-13(10)11-6-4-2-1-3-5-6/h1-5H/q+1. The lowest BCUT2D eigenvalue weighted by atomic mass is 10.3. The molecule has 0 radical (unpaired) electrons. The Labute approximate surface area is 74.1 Å². The molecular formula is C6H5NO5P+. The summed E-state index contributed by atoms with van der Waals surface area (Å²) in [5, 5.41) is 8.55. The molecule has 1 atom stereocenters. The van der Waals surface area contributed by atoms with E-state index in [0.717, 1.165) is 0 Å². The SMILES string of the molecule is O=[N+]([O-])O[P+](=O)Oc1ccccc1. The maximum Gasteiger partial charge on any atom is 0.793 e. The number of nitrogens with zero attached hydrogens (tertiary/aromatic N) is 1. The van der Waals surface area contributed by atoms with Crippen LogP contribution < -0.4 is 4.52 Å². The number of hydrogen-bond donors (Lipinski definition) is 0. The molecule has 7 heteroatoms. The molecule has 0 saturated heterocycles. The van der Waals surface area contributed by atoms with Gasteiger partial charge in [0.25, 0.3) is 0 Å². The van der Waals surface area contributed by atoms with E-state index < -0.39 is 13.3 Å². The van der Waals surface area contributed by atoms with Crippen LogP contribution in [0.15, 0.2) is 30.3 Å². The Bertz CT molecular complexity index is 314. The van der Waals surface area contributed by atoms with E-state index in [-0.39, 0.29) is 5.75 Å². The van der Waals surface area contributed by atoms with E-state index in [2.05, 4.69) is 9.15 Å². The van der Waals surface area contributed by atoms with E-state index in [1.807, 2.05) is 0 Å². The second-order valence-electron chi connectivity index (χ2n) is 1.93. The van der Waals surface area contributed by atoms with Gasteiger partial charge >= 0.3 is 13.3 Å². The van der Waals surface area contributed by atoms with Gasteiger partial charge in [0.15, 0.2) is 5.75 Å². The highest BCUT2D eigenvalue weighted by atomic mass is 31.1. The Hall–Kier alpha value is -1.68. The third-order valence-electron chi connectivity index (χ3n) is 1.06. The molecule has 0 amide bonds. The van der Waals surface area contributed by atoms with E-state index in [1.54, 1.807) is 18.2 Å². The third kappa shape index (κ3) is 3.48. The molecule has 0 heterocycles. The molecule has 0 aliphatic rings. The molecule has 0 bridgehead atoms. The van der Waals surface area contributed by atoms with E-state index in [1.165, 1.54) is 12.1 Å². The molecule has 0 aliphatic carbocycles. The lowest BCUT2D eigenvalue weighted by Gasteiger charge is -1.88. The topological polar surface area (TPSA) is 78.7 Å². The highest BCUT2D eigenvalue weighted by Gasteiger charge is 2.26. The molecule has 0 fully saturated rings.